The minimum Gasteiger partial charge on any atom is -0.493 e. The van der Waals surface area contributed by atoms with E-state index >= 15 is 0 Å². The first-order valence-corrected chi connectivity index (χ1v) is 9.52. The number of para-hydroxylation sites is 1. The fraction of sp³-hybridized carbons (Fsp3) is 0.650. The lowest BCUT2D eigenvalue weighted by Gasteiger charge is -2.35. The molecule has 25 heavy (non-hydrogen) atoms. The number of rotatable bonds is 7. The summed E-state index contributed by atoms with van der Waals surface area (Å²) < 4.78 is 11.5. The van der Waals surface area contributed by atoms with Crippen LogP contribution in [-0.4, -0.2) is 67.7 Å². The Balaban J connectivity index is 1.30. The molecule has 0 saturated carbocycles. The summed E-state index contributed by atoms with van der Waals surface area (Å²) in [5.74, 6) is 1.17. The molecule has 2 aliphatic rings. The zero-order chi connectivity index (χ0) is 17.5. The molecule has 0 spiro atoms. The molecule has 138 valence electrons. The third kappa shape index (κ3) is 5.44. The lowest BCUT2D eigenvalue weighted by molar-refractivity contribution is -0.133. The van der Waals surface area contributed by atoms with Gasteiger partial charge >= 0.3 is 0 Å². The van der Waals surface area contributed by atoms with Gasteiger partial charge in [0.05, 0.1) is 12.7 Å². The van der Waals surface area contributed by atoms with E-state index in [1.165, 1.54) is 12.8 Å². The fourth-order valence-corrected chi connectivity index (χ4v) is 3.54. The molecule has 2 saturated heterocycles. The van der Waals surface area contributed by atoms with Crippen LogP contribution in [0.3, 0.4) is 0 Å². The molecule has 0 radical (unpaired) electrons. The molecular weight excluding hydrogens is 316 g/mol. The summed E-state index contributed by atoms with van der Waals surface area (Å²) >= 11 is 0. The van der Waals surface area contributed by atoms with Gasteiger partial charge in [0.1, 0.15) is 5.75 Å². The first kappa shape index (κ1) is 18.2. The first-order valence-electron chi connectivity index (χ1n) is 9.52. The van der Waals surface area contributed by atoms with Crippen molar-refractivity contribution in [3.8, 4) is 5.75 Å². The van der Waals surface area contributed by atoms with Crippen LogP contribution in [0.25, 0.3) is 0 Å². The molecule has 0 bridgehead atoms. The summed E-state index contributed by atoms with van der Waals surface area (Å²) in [6, 6.07) is 7.99. The van der Waals surface area contributed by atoms with Gasteiger partial charge in [-0.1, -0.05) is 18.2 Å². The fourth-order valence-electron chi connectivity index (χ4n) is 3.54. The zero-order valence-electron chi connectivity index (χ0n) is 15.3. The maximum Gasteiger partial charge on any atom is 0.222 e. The highest BCUT2D eigenvalue weighted by atomic mass is 16.5. The Bertz CT molecular complexity index is 550. The van der Waals surface area contributed by atoms with Crippen molar-refractivity contribution in [3.63, 3.8) is 0 Å². The number of amides is 1. The van der Waals surface area contributed by atoms with Crippen LogP contribution < -0.4 is 4.74 Å². The van der Waals surface area contributed by atoms with Gasteiger partial charge in [0.15, 0.2) is 0 Å². The maximum absolute atomic E-state index is 12.4. The van der Waals surface area contributed by atoms with Gasteiger partial charge in [-0.15, -0.1) is 0 Å². The van der Waals surface area contributed by atoms with Gasteiger partial charge in [0.2, 0.25) is 5.91 Å². The van der Waals surface area contributed by atoms with Crippen molar-refractivity contribution in [3.05, 3.63) is 29.8 Å². The van der Waals surface area contributed by atoms with Crippen LogP contribution in [0.1, 0.15) is 31.2 Å². The Morgan fingerprint density at radius 2 is 2.04 bits per heavy atom. The second-order valence-corrected chi connectivity index (χ2v) is 7.03. The van der Waals surface area contributed by atoms with Crippen molar-refractivity contribution >= 4 is 5.91 Å². The second-order valence-electron chi connectivity index (χ2n) is 7.03. The van der Waals surface area contributed by atoms with Crippen LogP contribution >= 0.6 is 0 Å². The normalized spacial score (nSPS) is 21.5. The van der Waals surface area contributed by atoms with E-state index in [2.05, 4.69) is 4.90 Å². The van der Waals surface area contributed by atoms with E-state index < -0.39 is 0 Å². The molecule has 0 aliphatic carbocycles. The number of carbonyl (C=O) groups excluding carboxylic acids is 1. The van der Waals surface area contributed by atoms with E-state index in [0.717, 1.165) is 57.1 Å². The van der Waals surface area contributed by atoms with Crippen LogP contribution in [0.5, 0.6) is 5.75 Å². The summed E-state index contributed by atoms with van der Waals surface area (Å²) in [6.45, 7) is 8.16. The number of carbonyl (C=O) groups is 1. The first-order chi connectivity index (χ1) is 12.2. The van der Waals surface area contributed by atoms with Crippen LogP contribution in [0, 0.1) is 6.92 Å². The van der Waals surface area contributed by atoms with Crippen LogP contribution in [0.4, 0.5) is 0 Å². The second kappa shape index (κ2) is 9.20. The molecule has 1 aromatic rings. The standard InChI is InChI=1S/C20H30N2O3/c1-17-6-2-3-8-19(17)25-15-5-9-20(23)22-12-10-21(11-13-22)16-18-7-4-14-24-18/h2-3,6,8,18H,4-5,7,9-16H2,1H3. The lowest BCUT2D eigenvalue weighted by Crippen LogP contribution is -2.50. The summed E-state index contributed by atoms with van der Waals surface area (Å²) in [5.41, 5.74) is 1.14. The number of benzene rings is 1. The Kier molecular flexibility index (Phi) is 6.70. The molecule has 3 rings (SSSR count). The molecule has 0 N–H and O–H groups in total. The van der Waals surface area contributed by atoms with Gasteiger partial charge < -0.3 is 14.4 Å². The number of hydrogen-bond donors (Lipinski definition) is 0. The van der Waals surface area contributed by atoms with Crippen molar-refractivity contribution in [2.24, 2.45) is 0 Å². The SMILES string of the molecule is Cc1ccccc1OCCCC(=O)N1CCN(CC2CCCO2)CC1. The average Bonchev–Trinajstić information content (AvgIpc) is 3.13. The topological polar surface area (TPSA) is 42.0 Å². The van der Waals surface area contributed by atoms with Crippen LogP contribution in [0.15, 0.2) is 24.3 Å². The molecule has 2 aliphatic heterocycles. The quantitative estimate of drug-likeness (QED) is 0.712. The van der Waals surface area contributed by atoms with Crippen molar-refractivity contribution in [2.45, 2.75) is 38.7 Å². The summed E-state index contributed by atoms with van der Waals surface area (Å²) in [5, 5.41) is 0. The van der Waals surface area contributed by atoms with Crippen molar-refractivity contribution in [1.82, 2.24) is 9.80 Å². The molecule has 5 nitrogen and oxygen atoms in total. The average molecular weight is 346 g/mol. The third-order valence-corrected chi connectivity index (χ3v) is 5.10. The Morgan fingerprint density at radius 1 is 1.24 bits per heavy atom. The molecule has 5 heteroatoms. The minimum absolute atomic E-state index is 0.255. The highest BCUT2D eigenvalue weighted by Crippen LogP contribution is 2.17. The van der Waals surface area contributed by atoms with E-state index in [1.54, 1.807) is 0 Å². The molecule has 2 fully saturated rings. The molecular formula is C20H30N2O3. The number of ether oxygens (including phenoxy) is 2. The van der Waals surface area contributed by atoms with Gasteiger partial charge in [0, 0.05) is 45.8 Å². The van der Waals surface area contributed by atoms with Crippen molar-refractivity contribution in [2.75, 3.05) is 45.9 Å². The third-order valence-electron chi connectivity index (χ3n) is 5.10. The highest BCUT2D eigenvalue weighted by Gasteiger charge is 2.24. The number of aryl methyl sites for hydroxylation is 1. The van der Waals surface area contributed by atoms with E-state index in [9.17, 15) is 4.79 Å². The Hall–Kier alpha value is -1.59. The molecule has 1 amide bonds. The van der Waals surface area contributed by atoms with Crippen molar-refractivity contribution in [1.29, 1.82) is 0 Å². The smallest absolute Gasteiger partial charge is 0.222 e. The summed E-state index contributed by atoms with van der Waals surface area (Å²) in [4.78, 5) is 16.8. The lowest BCUT2D eigenvalue weighted by atomic mass is 10.2. The molecule has 2 heterocycles. The zero-order valence-corrected chi connectivity index (χ0v) is 15.3. The van der Waals surface area contributed by atoms with E-state index in [0.29, 0.717) is 19.1 Å². The molecule has 1 atom stereocenters. The predicted octanol–water partition coefficient (Wildman–Crippen LogP) is 2.48. The minimum atomic E-state index is 0.255. The molecule has 1 aromatic carbocycles. The van der Waals surface area contributed by atoms with E-state index in [4.69, 9.17) is 9.47 Å². The predicted molar refractivity (Wildman–Crippen MR) is 97.9 cm³/mol. The van der Waals surface area contributed by atoms with Gasteiger partial charge in [-0.05, 0) is 37.8 Å². The van der Waals surface area contributed by atoms with Gasteiger partial charge in [-0.2, -0.15) is 0 Å². The van der Waals surface area contributed by atoms with Gasteiger partial charge in [-0.25, -0.2) is 0 Å². The Labute approximate surface area is 150 Å². The maximum atomic E-state index is 12.4. The number of hydrogen-bond acceptors (Lipinski definition) is 4. The van der Waals surface area contributed by atoms with E-state index in [1.807, 2.05) is 36.1 Å². The Morgan fingerprint density at radius 3 is 2.76 bits per heavy atom. The van der Waals surface area contributed by atoms with Gasteiger partial charge in [-0.3, -0.25) is 9.69 Å². The van der Waals surface area contributed by atoms with Crippen molar-refractivity contribution < 1.29 is 14.3 Å². The number of piperazine rings is 1. The van der Waals surface area contributed by atoms with Gasteiger partial charge in [0.25, 0.3) is 0 Å². The largest absolute Gasteiger partial charge is 0.493 e. The van der Waals surface area contributed by atoms with E-state index in [-0.39, 0.29) is 5.91 Å². The van der Waals surface area contributed by atoms with Crippen LogP contribution in [0.2, 0.25) is 0 Å². The monoisotopic (exact) mass is 346 g/mol. The summed E-state index contributed by atoms with van der Waals surface area (Å²) in [6.07, 6.45) is 4.11. The highest BCUT2D eigenvalue weighted by molar-refractivity contribution is 5.76. The number of nitrogens with zero attached hydrogens (tertiary/aromatic N) is 2. The summed E-state index contributed by atoms with van der Waals surface area (Å²) in [7, 11) is 0. The molecule has 0 aromatic heterocycles. The van der Waals surface area contributed by atoms with Crippen LogP contribution in [-0.2, 0) is 9.53 Å². The molecule has 1 unspecified atom stereocenters.